The van der Waals surface area contributed by atoms with Gasteiger partial charge in [-0.05, 0) is 30.9 Å². The van der Waals surface area contributed by atoms with Crippen LogP contribution in [-0.4, -0.2) is 12.1 Å². The summed E-state index contributed by atoms with van der Waals surface area (Å²) >= 11 is 0. The molecule has 1 heterocycles. The molecule has 0 aliphatic rings. The van der Waals surface area contributed by atoms with Crippen molar-refractivity contribution in [3.05, 3.63) is 23.2 Å². The number of aryl methyl sites for hydroxylation is 2. The van der Waals surface area contributed by atoms with Crippen LogP contribution in [0.4, 0.5) is 0 Å². The molecule has 0 fully saturated rings. The van der Waals surface area contributed by atoms with Crippen LogP contribution in [0, 0.1) is 0 Å². The van der Waals surface area contributed by atoms with E-state index < -0.39 is 5.78 Å². The van der Waals surface area contributed by atoms with Gasteiger partial charge in [-0.1, -0.05) is 39.5 Å². The lowest BCUT2D eigenvalue weighted by Gasteiger charge is -2.01. The number of ketones is 1. The summed E-state index contributed by atoms with van der Waals surface area (Å²) in [4.78, 5) is 21.9. The van der Waals surface area contributed by atoms with E-state index in [1.807, 2.05) is 0 Å². The first-order chi connectivity index (χ1) is 9.22. The highest BCUT2D eigenvalue weighted by molar-refractivity contribution is 6.32. The fourth-order valence-electron chi connectivity index (χ4n) is 2.17. The third-order valence-corrected chi connectivity index (χ3v) is 3.30. The second-order valence-corrected chi connectivity index (χ2v) is 4.96. The molecule has 0 aliphatic carbocycles. The molecule has 1 rings (SSSR count). The fraction of sp³-hybridized carbons (Fsp3) is 0.625. The minimum Gasteiger partial charge on any atom is -0.457 e. The van der Waals surface area contributed by atoms with Crippen molar-refractivity contribution in [1.82, 2.24) is 0 Å². The standard InChI is InChI=1S/C16H24O3/c1-3-5-7-9-13-11-16(14(18)12-17)19-15(13)10-8-6-4-2/h11-12H,3-10H2,1-2H3. The van der Waals surface area contributed by atoms with Crippen molar-refractivity contribution in [1.29, 1.82) is 0 Å². The topological polar surface area (TPSA) is 47.3 Å². The Morgan fingerprint density at radius 2 is 1.74 bits per heavy atom. The first-order valence-electron chi connectivity index (χ1n) is 7.34. The zero-order valence-corrected chi connectivity index (χ0v) is 12.0. The second-order valence-electron chi connectivity index (χ2n) is 4.96. The van der Waals surface area contributed by atoms with Crippen LogP contribution in [-0.2, 0) is 17.6 Å². The van der Waals surface area contributed by atoms with Crippen LogP contribution in [0.5, 0.6) is 0 Å². The molecule has 0 amide bonds. The van der Waals surface area contributed by atoms with Crippen molar-refractivity contribution in [2.75, 3.05) is 0 Å². The van der Waals surface area contributed by atoms with E-state index >= 15 is 0 Å². The monoisotopic (exact) mass is 264 g/mol. The van der Waals surface area contributed by atoms with E-state index in [1.165, 1.54) is 12.8 Å². The molecule has 0 spiro atoms. The van der Waals surface area contributed by atoms with Crippen molar-refractivity contribution >= 4 is 12.1 Å². The molecular formula is C16H24O3. The van der Waals surface area contributed by atoms with E-state index in [4.69, 9.17) is 4.42 Å². The summed E-state index contributed by atoms with van der Waals surface area (Å²) < 4.78 is 5.56. The molecule has 19 heavy (non-hydrogen) atoms. The first-order valence-corrected chi connectivity index (χ1v) is 7.34. The predicted molar refractivity (Wildman–Crippen MR) is 75.6 cm³/mol. The summed E-state index contributed by atoms with van der Waals surface area (Å²) in [5.74, 6) is 0.543. The maximum absolute atomic E-state index is 11.4. The number of unbranched alkanes of at least 4 members (excludes halogenated alkanes) is 4. The van der Waals surface area contributed by atoms with Gasteiger partial charge in [-0.3, -0.25) is 9.59 Å². The third kappa shape index (κ3) is 5.01. The van der Waals surface area contributed by atoms with E-state index in [2.05, 4.69) is 13.8 Å². The number of hydrogen-bond acceptors (Lipinski definition) is 3. The molecule has 1 aromatic heterocycles. The van der Waals surface area contributed by atoms with E-state index in [0.717, 1.165) is 49.8 Å². The number of hydrogen-bond donors (Lipinski definition) is 0. The Morgan fingerprint density at radius 3 is 2.32 bits per heavy atom. The van der Waals surface area contributed by atoms with Crippen molar-refractivity contribution < 1.29 is 14.0 Å². The summed E-state index contributed by atoms with van der Waals surface area (Å²) in [6, 6.07) is 1.76. The van der Waals surface area contributed by atoms with Gasteiger partial charge in [0.05, 0.1) is 0 Å². The fourth-order valence-corrected chi connectivity index (χ4v) is 2.17. The normalized spacial score (nSPS) is 10.6. The number of Topliss-reactive ketones (excluding diaryl/α,β-unsaturated/α-hetero) is 1. The van der Waals surface area contributed by atoms with Crippen LogP contribution < -0.4 is 0 Å². The highest BCUT2D eigenvalue weighted by Crippen LogP contribution is 2.21. The predicted octanol–water partition coefficient (Wildman–Crippen LogP) is 4.13. The lowest BCUT2D eigenvalue weighted by molar-refractivity contribution is -0.104. The molecule has 3 nitrogen and oxygen atoms in total. The molecule has 0 saturated heterocycles. The lowest BCUT2D eigenvalue weighted by Crippen LogP contribution is -1.96. The van der Waals surface area contributed by atoms with Crippen molar-refractivity contribution in [3.8, 4) is 0 Å². The molecule has 0 atom stereocenters. The molecule has 0 saturated carbocycles. The molecule has 106 valence electrons. The molecule has 3 heteroatoms. The van der Waals surface area contributed by atoms with Crippen LogP contribution in [0.1, 0.15) is 74.3 Å². The summed E-state index contributed by atoms with van der Waals surface area (Å²) in [6.45, 7) is 4.32. The molecule has 0 bridgehead atoms. The number of carbonyl (C=O) groups excluding carboxylic acids is 2. The van der Waals surface area contributed by atoms with Gasteiger partial charge in [-0.25, -0.2) is 0 Å². The van der Waals surface area contributed by atoms with Gasteiger partial charge in [-0.15, -0.1) is 0 Å². The Kier molecular flexibility index (Phi) is 7.16. The van der Waals surface area contributed by atoms with Crippen molar-refractivity contribution in [2.45, 2.75) is 65.2 Å². The average Bonchev–Trinajstić information content (AvgIpc) is 2.82. The van der Waals surface area contributed by atoms with Crippen LogP contribution in [0.25, 0.3) is 0 Å². The molecule has 0 N–H and O–H groups in total. The largest absolute Gasteiger partial charge is 0.457 e. The maximum Gasteiger partial charge on any atom is 0.260 e. The lowest BCUT2D eigenvalue weighted by atomic mass is 10.0. The van der Waals surface area contributed by atoms with Gasteiger partial charge in [-0.2, -0.15) is 0 Å². The summed E-state index contributed by atoms with van der Waals surface area (Å²) in [5, 5.41) is 0. The Balaban J connectivity index is 2.74. The van der Waals surface area contributed by atoms with Gasteiger partial charge >= 0.3 is 0 Å². The summed E-state index contributed by atoms with van der Waals surface area (Å²) in [7, 11) is 0. The average molecular weight is 264 g/mol. The van der Waals surface area contributed by atoms with Crippen molar-refractivity contribution in [2.24, 2.45) is 0 Å². The number of carbonyl (C=O) groups is 2. The van der Waals surface area contributed by atoms with Crippen LogP contribution in [0.2, 0.25) is 0 Å². The van der Waals surface area contributed by atoms with E-state index in [9.17, 15) is 9.59 Å². The Labute approximate surface area is 115 Å². The zero-order chi connectivity index (χ0) is 14.1. The molecule has 0 aliphatic heterocycles. The van der Waals surface area contributed by atoms with Crippen LogP contribution in [0.15, 0.2) is 10.5 Å². The van der Waals surface area contributed by atoms with Gasteiger partial charge < -0.3 is 4.42 Å². The molecule has 1 aromatic rings. The molecular weight excluding hydrogens is 240 g/mol. The van der Waals surface area contributed by atoms with Gasteiger partial charge in [0.1, 0.15) is 5.76 Å². The highest BCUT2D eigenvalue weighted by atomic mass is 16.3. The van der Waals surface area contributed by atoms with Gasteiger partial charge in [0.15, 0.2) is 12.0 Å². The van der Waals surface area contributed by atoms with Gasteiger partial charge in [0.2, 0.25) is 0 Å². The maximum atomic E-state index is 11.4. The SMILES string of the molecule is CCCCCc1cc(C(=O)C=O)oc1CCCCC. The number of furan rings is 1. The zero-order valence-electron chi connectivity index (χ0n) is 12.0. The van der Waals surface area contributed by atoms with E-state index in [1.54, 1.807) is 6.07 Å². The number of rotatable bonds is 10. The molecule has 0 unspecified atom stereocenters. The minimum absolute atomic E-state index is 0.202. The van der Waals surface area contributed by atoms with E-state index in [-0.39, 0.29) is 5.76 Å². The first kappa shape index (κ1) is 15.7. The Hall–Kier alpha value is -1.38. The van der Waals surface area contributed by atoms with Crippen molar-refractivity contribution in [3.63, 3.8) is 0 Å². The molecule has 0 aromatic carbocycles. The van der Waals surface area contributed by atoms with Gasteiger partial charge in [0.25, 0.3) is 5.78 Å². The van der Waals surface area contributed by atoms with E-state index in [0.29, 0.717) is 6.29 Å². The summed E-state index contributed by atoms with van der Waals surface area (Å²) in [6.07, 6.45) is 8.96. The quantitative estimate of drug-likeness (QED) is 0.276. The Bertz CT molecular complexity index is 377. The van der Waals surface area contributed by atoms with Gasteiger partial charge in [0, 0.05) is 6.42 Å². The van der Waals surface area contributed by atoms with Crippen LogP contribution in [0.3, 0.4) is 0 Å². The highest BCUT2D eigenvalue weighted by Gasteiger charge is 2.15. The smallest absolute Gasteiger partial charge is 0.260 e. The van der Waals surface area contributed by atoms with Crippen LogP contribution >= 0.6 is 0 Å². The molecule has 0 radical (unpaired) electrons. The second kappa shape index (κ2) is 8.68. The minimum atomic E-state index is -0.557. The Morgan fingerprint density at radius 1 is 1.11 bits per heavy atom. The summed E-state index contributed by atoms with van der Waals surface area (Å²) in [5.41, 5.74) is 1.11. The number of aldehydes is 1. The third-order valence-electron chi connectivity index (χ3n) is 3.30.